The van der Waals surface area contributed by atoms with Crippen molar-refractivity contribution in [1.82, 2.24) is 4.98 Å². The molecule has 5 nitrogen and oxygen atoms in total. The van der Waals surface area contributed by atoms with E-state index < -0.39 is 0 Å². The largest absolute Gasteiger partial charge is 0.494 e. The number of hydrogen-bond donors (Lipinski definition) is 2. The van der Waals surface area contributed by atoms with Crippen LogP contribution in [0.4, 0.5) is 5.69 Å². The Hall–Kier alpha value is -1.49. The van der Waals surface area contributed by atoms with Crippen molar-refractivity contribution in [2.75, 3.05) is 19.6 Å². The minimum Gasteiger partial charge on any atom is -0.494 e. The van der Waals surface area contributed by atoms with E-state index in [4.69, 9.17) is 15.3 Å². The fraction of sp³-hybridized carbons (Fsp3) is 0.286. The van der Waals surface area contributed by atoms with Gasteiger partial charge >= 0.3 is 0 Å². The second-order valence-corrected chi connectivity index (χ2v) is 2.07. The Morgan fingerprint density at radius 1 is 1.42 bits per heavy atom. The number of hydrazine groups is 1. The van der Waals surface area contributed by atoms with Gasteiger partial charge in [-0.25, -0.2) is 4.98 Å². The van der Waals surface area contributed by atoms with Crippen LogP contribution in [0.3, 0.4) is 0 Å². The maximum atomic E-state index is 5.21. The molecule has 0 fully saturated rings. The molecule has 12 heavy (non-hydrogen) atoms. The summed E-state index contributed by atoms with van der Waals surface area (Å²) < 4.78 is 9.91. The first kappa shape index (κ1) is 8.61. The third kappa shape index (κ3) is 1.57. The Labute approximate surface area is 70.5 Å². The number of methoxy groups -OCH3 is 2. The molecule has 1 aromatic rings. The van der Waals surface area contributed by atoms with Crippen molar-refractivity contribution in [2.24, 2.45) is 5.84 Å². The summed E-state index contributed by atoms with van der Waals surface area (Å²) in [5.74, 6) is 6.30. The van der Waals surface area contributed by atoms with Crippen LogP contribution in [0, 0.1) is 0 Å². The lowest BCUT2D eigenvalue weighted by atomic mass is 10.4. The quantitative estimate of drug-likeness (QED) is 0.505. The zero-order valence-electron chi connectivity index (χ0n) is 7.00. The summed E-state index contributed by atoms with van der Waals surface area (Å²) in [5, 5.41) is 0. The van der Waals surface area contributed by atoms with Crippen molar-refractivity contribution in [2.45, 2.75) is 0 Å². The molecule has 0 aromatic carbocycles. The minimum absolute atomic E-state index is 0.492. The van der Waals surface area contributed by atoms with E-state index in [0.29, 0.717) is 17.3 Å². The minimum atomic E-state index is 0.492. The number of anilines is 1. The van der Waals surface area contributed by atoms with Crippen LogP contribution in [0.5, 0.6) is 11.6 Å². The maximum Gasteiger partial charge on any atom is 0.216 e. The van der Waals surface area contributed by atoms with Crippen molar-refractivity contribution < 1.29 is 9.47 Å². The van der Waals surface area contributed by atoms with Gasteiger partial charge in [-0.3, -0.25) is 5.84 Å². The lowest BCUT2D eigenvalue weighted by molar-refractivity contribution is 0.383. The smallest absolute Gasteiger partial charge is 0.216 e. The number of pyridine rings is 1. The van der Waals surface area contributed by atoms with Gasteiger partial charge in [0, 0.05) is 6.07 Å². The summed E-state index contributed by atoms with van der Waals surface area (Å²) in [7, 11) is 3.09. The second-order valence-electron chi connectivity index (χ2n) is 2.07. The number of hydrogen-bond acceptors (Lipinski definition) is 5. The van der Waals surface area contributed by atoms with E-state index in [9.17, 15) is 0 Å². The number of rotatable bonds is 3. The maximum absolute atomic E-state index is 5.21. The Morgan fingerprint density at radius 3 is 2.67 bits per heavy atom. The van der Waals surface area contributed by atoms with Gasteiger partial charge in [0.05, 0.1) is 20.4 Å². The molecule has 0 aliphatic carbocycles. The molecule has 0 unspecified atom stereocenters. The lowest BCUT2D eigenvalue weighted by Gasteiger charge is -2.07. The molecule has 0 amide bonds. The molecule has 1 rings (SSSR count). The highest BCUT2D eigenvalue weighted by atomic mass is 16.5. The van der Waals surface area contributed by atoms with Crippen molar-refractivity contribution in [3.05, 3.63) is 12.3 Å². The summed E-state index contributed by atoms with van der Waals surface area (Å²) in [5.41, 5.74) is 3.08. The SMILES string of the molecule is COc1cc(OC)c(NN)cn1. The Bertz CT molecular complexity index is 265. The van der Waals surface area contributed by atoms with Gasteiger partial charge in [0.25, 0.3) is 0 Å². The molecule has 0 aliphatic heterocycles. The predicted molar refractivity (Wildman–Crippen MR) is 45.2 cm³/mol. The Balaban J connectivity index is 3.02. The van der Waals surface area contributed by atoms with E-state index in [1.54, 1.807) is 13.2 Å². The monoisotopic (exact) mass is 169 g/mol. The van der Waals surface area contributed by atoms with E-state index >= 15 is 0 Å². The van der Waals surface area contributed by atoms with Crippen LogP contribution in [0.15, 0.2) is 12.3 Å². The average molecular weight is 169 g/mol. The number of aromatic nitrogens is 1. The van der Waals surface area contributed by atoms with E-state index in [2.05, 4.69) is 10.4 Å². The standard InChI is InChI=1S/C7H11N3O2/c1-11-6-3-7(12-2)9-4-5(6)10-8/h3-4,10H,8H2,1-2H3. The van der Waals surface area contributed by atoms with Crippen LogP contribution in [0.1, 0.15) is 0 Å². The highest BCUT2D eigenvalue weighted by Gasteiger charge is 2.03. The summed E-state index contributed by atoms with van der Waals surface area (Å²) >= 11 is 0. The zero-order valence-corrected chi connectivity index (χ0v) is 7.00. The van der Waals surface area contributed by atoms with Crippen LogP contribution in [0.2, 0.25) is 0 Å². The van der Waals surface area contributed by atoms with Crippen molar-refractivity contribution in [3.63, 3.8) is 0 Å². The first-order valence-corrected chi connectivity index (χ1v) is 3.36. The molecule has 3 N–H and O–H groups in total. The van der Waals surface area contributed by atoms with Crippen LogP contribution >= 0.6 is 0 Å². The number of nitrogens with one attached hydrogen (secondary N) is 1. The Morgan fingerprint density at radius 2 is 2.17 bits per heavy atom. The van der Waals surface area contributed by atoms with E-state index in [1.165, 1.54) is 13.3 Å². The van der Waals surface area contributed by atoms with Gasteiger partial charge in [0.15, 0.2) is 0 Å². The van der Waals surface area contributed by atoms with E-state index in [1.807, 2.05) is 0 Å². The van der Waals surface area contributed by atoms with Crippen LogP contribution in [0.25, 0.3) is 0 Å². The zero-order chi connectivity index (χ0) is 8.97. The highest BCUT2D eigenvalue weighted by Crippen LogP contribution is 2.25. The molecule has 0 radical (unpaired) electrons. The normalized spacial score (nSPS) is 9.25. The number of nitrogen functional groups attached to an aromatic ring is 1. The molecule has 0 saturated heterocycles. The van der Waals surface area contributed by atoms with Gasteiger partial charge in [-0.2, -0.15) is 0 Å². The second kappa shape index (κ2) is 3.77. The predicted octanol–water partition coefficient (Wildman–Crippen LogP) is 0.384. The van der Waals surface area contributed by atoms with Gasteiger partial charge in [0.1, 0.15) is 11.4 Å². The molecule has 0 aliphatic rings. The molecular weight excluding hydrogens is 158 g/mol. The van der Waals surface area contributed by atoms with E-state index in [-0.39, 0.29) is 0 Å². The summed E-state index contributed by atoms with van der Waals surface area (Å²) in [4.78, 5) is 3.93. The molecule has 1 aromatic heterocycles. The van der Waals surface area contributed by atoms with Crippen LogP contribution < -0.4 is 20.7 Å². The van der Waals surface area contributed by atoms with Gasteiger partial charge in [-0.05, 0) is 0 Å². The van der Waals surface area contributed by atoms with Gasteiger partial charge in [-0.1, -0.05) is 0 Å². The molecule has 66 valence electrons. The van der Waals surface area contributed by atoms with Gasteiger partial charge in [0.2, 0.25) is 5.88 Å². The molecule has 0 atom stereocenters. The van der Waals surface area contributed by atoms with Crippen LogP contribution in [-0.2, 0) is 0 Å². The molecular formula is C7H11N3O2. The Kier molecular flexibility index (Phi) is 2.71. The number of ether oxygens (including phenoxy) is 2. The van der Waals surface area contributed by atoms with Crippen molar-refractivity contribution in [3.8, 4) is 11.6 Å². The third-order valence-corrected chi connectivity index (χ3v) is 1.43. The van der Waals surface area contributed by atoms with Gasteiger partial charge in [-0.15, -0.1) is 0 Å². The lowest BCUT2D eigenvalue weighted by Crippen LogP contribution is -2.08. The summed E-state index contributed by atoms with van der Waals surface area (Å²) in [6.07, 6.45) is 1.54. The number of nitrogens with two attached hydrogens (primary N) is 1. The molecule has 0 bridgehead atoms. The molecule has 0 spiro atoms. The van der Waals surface area contributed by atoms with Crippen molar-refractivity contribution in [1.29, 1.82) is 0 Å². The topological polar surface area (TPSA) is 69.4 Å². The summed E-state index contributed by atoms with van der Waals surface area (Å²) in [6.45, 7) is 0. The van der Waals surface area contributed by atoms with Crippen molar-refractivity contribution >= 4 is 5.69 Å². The van der Waals surface area contributed by atoms with Gasteiger partial charge < -0.3 is 14.9 Å². The highest BCUT2D eigenvalue weighted by molar-refractivity contribution is 5.55. The first-order valence-electron chi connectivity index (χ1n) is 3.36. The number of nitrogens with zero attached hydrogens (tertiary/aromatic N) is 1. The fourth-order valence-corrected chi connectivity index (χ4v) is 0.808. The third-order valence-electron chi connectivity index (χ3n) is 1.43. The molecule has 5 heteroatoms. The molecule has 1 heterocycles. The summed E-state index contributed by atoms with van der Waals surface area (Å²) in [6, 6.07) is 1.65. The molecule has 0 saturated carbocycles. The van der Waals surface area contributed by atoms with E-state index in [0.717, 1.165) is 0 Å². The van der Waals surface area contributed by atoms with Crippen LogP contribution in [-0.4, -0.2) is 19.2 Å². The first-order chi connectivity index (χ1) is 5.81. The fourth-order valence-electron chi connectivity index (χ4n) is 0.808. The average Bonchev–Trinajstić information content (AvgIpc) is 2.16.